The SMILES string of the molecule is COc1cccc([C@H](C)N)c1.O=C(N[C@@H](Cc1ccccc1)C(=O)O)c1ccccc1. The minimum Gasteiger partial charge on any atom is -0.497 e. The number of nitrogens with one attached hydrogen (secondary N) is 1. The van der Waals surface area contributed by atoms with Crippen molar-refractivity contribution in [3.8, 4) is 5.75 Å². The maximum absolute atomic E-state index is 12.0. The van der Waals surface area contributed by atoms with Crippen LogP contribution >= 0.6 is 0 Å². The van der Waals surface area contributed by atoms with Gasteiger partial charge in [0.25, 0.3) is 5.91 Å². The standard InChI is InChI=1S/C16H15NO3.C9H13NO/c18-15(13-9-5-2-6-10-13)17-14(16(19)20)11-12-7-3-1-4-8-12;1-7(10)8-4-3-5-9(6-8)11-2/h1-10,14H,11H2,(H,17,18)(H,19,20);3-7H,10H2,1-2H3/t14-;7-/m00/s1. The van der Waals surface area contributed by atoms with E-state index in [0.29, 0.717) is 5.56 Å². The average molecular weight is 421 g/mol. The molecule has 6 heteroatoms. The van der Waals surface area contributed by atoms with Gasteiger partial charge in [-0.3, -0.25) is 4.79 Å². The van der Waals surface area contributed by atoms with E-state index < -0.39 is 12.0 Å². The zero-order valence-electron chi connectivity index (χ0n) is 17.7. The molecule has 0 unspecified atom stereocenters. The van der Waals surface area contributed by atoms with Gasteiger partial charge < -0.3 is 20.9 Å². The predicted octanol–water partition coefficient (Wildman–Crippen LogP) is 3.83. The van der Waals surface area contributed by atoms with Crippen molar-refractivity contribution >= 4 is 11.9 Å². The Morgan fingerprint density at radius 3 is 2.13 bits per heavy atom. The number of hydrogen-bond donors (Lipinski definition) is 3. The molecule has 0 radical (unpaired) electrons. The Balaban J connectivity index is 0.000000262. The summed E-state index contributed by atoms with van der Waals surface area (Å²) in [6.45, 7) is 1.95. The zero-order valence-corrected chi connectivity index (χ0v) is 17.7. The first-order chi connectivity index (χ1) is 14.9. The molecule has 1 amide bonds. The van der Waals surface area contributed by atoms with E-state index in [1.165, 1.54) is 0 Å². The van der Waals surface area contributed by atoms with Crippen molar-refractivity contribution < 1.29 is 19.4 Å². The molecule has 162 valence electrons. The first-order valence-corrected chi connectivity index (χ1v) is 9.93. The fourth-order valence-corrected chi connectivity index (χ4v) is 2.81. The lowest BCUT2D eigenvalue weighted by Gasteiger charge is -2.14. The van der Waals surface area contributed by atoms with Crippen LogP contribution in [-0.2, 0) is 11.2 Å². The van der Waals surface area contributed by atoms with E-state index in [9.17, 15) is 14.7 Å². The van der Waals surface area contributed by atoms with Gasteiger partial charge >= 0.3 is 5.97 Å². The van der Waals surface area contributed by atoms with Crippen LogP contribution < -0.4 is 15.8 Å². The molecule has 3 aromatic carbocycles. The summed E-state index contributed by atoms with van der Waals surface area (Å²) in [4.78, 5) is 23.2. The molecule has 0 aliphatic heterocycles. The number of methoxy groups -OCH3 is 1. The fraction of sp³-hybridized carbons (Fsp3) is 0.200. The summed E-state index contributed by atoms with van der Waals surface area (Å²) in [6.07, 6.45) is 0.259. The first kappa shape index (κ1) is 23.6. The summed E-state index contributed by atoms with van der Waals surface area (Å²) < 4.78 is 5.05. The summed E-state index contributed by atoms with van der Waals surface area (Å²) in [5.41, 5.74) is 8.10. The molecule has 6 nitrogen and oxygen atoms in total. The van der Waals surface area contributed by atoms with E-state index in [0.717, 1.165) is 16.9 Å². The van der Waals surface area contributed by atoms with Crippen molar-refractivity contribution in [2.24, 2.45) is 5.73 Å². The van der Waals surface area contributed by atoms with Crippen molar-refractivity contribution in [3.63, 3.8) is 0 Å². The highest BCUT2D eigenvalue weighted by Crippen LogP contribution is 2.16. The molecule has 0 saturated heterocycles. The van der Waals surface area contributed by atoms with Gasteiger partial charge in [0, 0.05) is 18.0 Å². The van der Waals surface area contributed by atoms with E-state index in [1.54, 1.807) is 37.4 Å². The van der Waals surface area contributed by atoms with Gasteiger partial charge in [0.05, 0.1) is 7.11 Å². The molecule has 0 bridgehead atoms. The van der Waals surface area contributed by atoms with Crippen LogP contribution in [-0.4, -0.2) is 30.1 Å². The lowest BCUT2D eigenvalue weighted by Crippen LogP contribution is -2.42. The third-order valence-corrected chi connectivity index (χ3v) is 4.54. The molecule has 4 N–H and O–H groups in total. The minimum absolute atomic E-state index is 0.0742. The molecule has 0 fully saturated rings. The second kappa shape index (κ2) is 12.1. The molecule has 0 aromatic heterocycles. The maximum Gasteiger partial charge on any atom is 0.326 e. The Labute approximate surface area is 182 Å². The number of carbonyl (C=O) groups excluding carboxylic acids is 1. The van der Waals surface area contributed by atoms with Crippen molar-refractivity contribution in [1.29, 1.82) is 0 Å². The maximum atomic E-state index is 12.0. The number of rotatable bonds is 7. The van der Waals surface area contributed by atoms with Gasteiger partial charge in [-0.25, -0.2) is 4.79 Å². The Morgan fingerprint density at radius 2 is 1.58 bits per heavy atom. The monoisotopic (exact) mass is 420 g/mol. The zero-order chi connectivity index (χ0) is 22.6. The van der Waals surface area contributed by atoms with E-state index >= 15 is 0 Å². The summed E-state index contributed by atoms with van der Waals surface area (Å²) in [6, 6.07) is 24.7. The van der Waals surface area contributed by atoms with Crippen LogP contribution in [0.3, 0.4) is 0 Å². The number of ether oxygens (including phenoxy) is 1. The second-order valence-electron chi connectivity index (χ2n) is 6.99. The van der Waals surface area contributed by atoms with Gasteiger partial charge in [-0.1, -0.05) is 60.7 Å². The molecule has 0 aliphatic carbocycles. The summed E-state index contributed by atoms with van der Waals surface area (Å²) in [7, 11) is 1.65. The number of hydrogen-bond acceptors (Lipinski definition) is 4. The molecular weight excluding hydrogens is 392 g/mol. The van der Waals surface area contributed by atoms with Gasteiger partial charge in [-0.05, 0) is 42.3 Å². The van der Waals surface area contributed by atoms with Gasteiger partial charge in [0.2, 0.25) is 0 Å². The highest BCUT2D eigenvalue weighted by atomic mass is 16.5. The van der Waals surface area contributed by atoms with Gasteiger partial charge in [0.15, 0.2) is 0 Å². The third-order valence-electron chi connectivity index (χ3n) is 4.54. The smallest absolute Gasteiger partial charge is 0.326 e. The van der Waals surface area contributed by atoms with Gasteiger partial charge in [-0.15, -0.1) is 0 Å². The van der Waals surface area contributed by atoms with Crippen molar-refractivity contribution in [1.82, 2.24) is 5.32 Å². The van der Waals surface area contributed by atoms with Crippen molar-refractivity contribution in [2.45, 2.75) is 25.4 Å². The highest BCUT2D eigenvalue weighted by molar-refractivity contribution is 5.96. The number of carboxylic acid groups (broad SMARTS) is 1. The van der Waals surface area contributed by atoms with Crippen LogP contribution in [0.5, 0.6) is 5.75 Å². The van der Waals surface area contributed by atoms with E-state index in [-0.39, 0.29) is 18.4 Å². The minimum atomic E-state index is -1.04. The molecule has 0 saturated carbocycles. The van der Waals surface area contributed by atoms with E-state index in [1.807, 2.05) is 61.5 Å². The normalized spacial score (nSPS) is 12.0. The molecule has 31 heavy (non-hydrogen) atoms. The molecule has 3 rings (SSSR count). The predicted molar refractivity (Wildman–Crippen MR) is 121 cm³/mol. The van der Waals surface area contributed by atoms with Gasteiger partial charge in [0.1, 0.15) is 11.8 Å². The fourth-order valence-electron chi connectivity index (χ4n) is 2.81. The quantitative estimate of drug-likeness (QED) is 0.539. The number of carbonyl (C=O) groups is 2. The molecule has 2 atom stereocenters. The van der Waals surface area contributed by atoms with Crippen LogP contribution in [0, 0.1) is 0 Å². The Bertz CT molecular complexity index is 960. The first-order valence-electron chi connectivity index (χ1n) is 9.93. The molecule has 0 aliphatic rings. The van der Waals surface area contributed by atoms with Crippen LogP contribution in [0.2, 0.25) is 0 Å². The molecule has 3 aromatic rings. The van der Waals surface area contributed by atoms with Crippen LogP contribution in [0.1, 0.15) is 34.5 Å². The van der Waals surface area contributed by atoms with E-state index in [2.05, 4.69) is 5.32 Å². The average Bonchev–Trinajstić information content (AvgIpc) is 2.80. The highest BCUT2D eigenvalue weighted by Gasteiger charge is 2.20. The largest absolute Gasteiger partial charge is 0.497 e. The van der Waals surface area contributed by atoms with Crippen LogP contribution in [0.25, 0.3) is 0 Å². The van der Waals surface area contributed by atoms with Crippen LogP contribution in [0.15, 0.2) is 84.9 Å². The van der Waals surface area contributed by atoms with Gasteiger partial charge in [-0.2, -0.15) is 0 Å². The van der Waals surface area contributed by atoms with E-state index in [4.69, 9.17) is 10.5 Å². The summed E-state index contributed by atoms with van der Waals surface area (Å²) in [5.74, 6) is -0.563. The number of nitrogens with two attached hydrogens (primary N) is 1. The molecule has 0 heterocycles. The lowest BCUT2D eigenvalue weighted by molar-refractivity contribution is -0.139. The number of amides is 1. The van der Waals surface area contributed by atoms with Crippen molar-refractivity contribution in [2.75, 3.05) is 7.11 Å². The molecule has 0 spiro atoms. The van der Waals surface area contributed by atoms with Crippen LogP contribution in [0.4, 0.5) is 0 Å². The number of benzene rings is 3. The third kappa shape index (κ3) is 7.95. The molecular formula is C25H28N2O4. The summed E-state index contributed by atoms with van der Waals surface area (Å²) in [5, 5.41) is 11.8. The Hall–Kier alpha value is -3.64. The van der Waals surface area contributed by atoms with Crippen molar-refractivity contribution in [3.05, 3.63) is 102 Å². The number of aliphatic carboxylic acids is 1. The number of carboxylic acids is 1. The Kier molecular flexibility index (Phi) is 9.26. The Morgan fingerprint density at radius 1 is 0.968 bits per heavy atom. The second-order valence-corrected chi connectivity index (χ2v) is 6.99. The summed E-state index contributed by atoms with van der Waals surface area (Å²) >= 11 is 0. The lowest BCUT2D eigenvalue weighted by atomic mass is 10.1. The topological polar surface area (TPSA) is 102 Å².